The van der Waals surface area contributed by atoms with Gasteiger partial charge in [-0.2, -0.15) is 5.10 Å². The van der Waals surface area contributed by atoms with Crippen LogP contribution in [0.5, 0.6) is 0 Å². The van der Waals surface area contributed by atoms with Gasteiger partial charge in [0.25, 0.3) is 5.56 Å². The monoisotopic (exact) mass is 358 g/mol. The van der Waals surface area contributed by atoms with Crippen LogP contribution in [0, 0.1) is 0 Å². The first kappa shape index (κ1) is 12.9. The Balaban J connectivity index is 2.98. The first-order chi connectivity index (χ1) is 6.81. The lowest BCUT2D eigenvalue weighted by Gasteiger charge is -2.04. The fourth-order valence-corrected chi connectivity index (χ4v) is 1.93. The molecule has 0 aliphatic rings. The highest BCUT2D eigenvalue weighted by Crippen LogP contribution is 2.16. The molecule has 0 spiro atoms. The quantitative estimate of drug-likeness (QED) is 0.800. The van der Waals surface area contributed by atoms with Crippen LogP contribution < -0.4 is 5.56 Å². The minimum absolute atomic E-state index is 0.0591. The average Bonchev–Trinajstić information content (AvgIpc) is 2.12. The van der Waals surface area contributed by atoms with E-state index in [1.165, 1.54) is 6.20 Å². The lowest BCUT2D eigenvalue weighted by Crippen LogP contribution is -2.26. The number of rotatable bonds is 3. The molecule has 1 aromatic heterocycles. The van der Waals surface area contributed by atoms with E-state index in [1.54, 1.807) is 0 Å². The molecule has 84 valence electrons. The summed E-state index contributed by atoms with van der Waals surface area (Å²) in [6.07, 6.45) is 2.56. The standard InChI is InChI=1S/C7H8Br2N2O3S/c1-15(13,14)3-2-11-7(12)6(9)5(8)4-10-11/h4H,2-3H2,1H3. The van der Waals surface area contributed by atoms with Gasteiger partial charge in [0.2, 0.25) is 0 Å². The number of hydrogen-bond acceptors (Lipinski definition) is 4. The molecule has 5 nitrogen and oxygen atoms in total. The van der Waals surface area contributed by atoms with E-state index in [2.05, 4.69) is 37.0 Å². The summed E-state index contributed by atoms with van der Waals surface area (Å²) in [4.78, 5) is 11.5. The molecule has 0 bridgehead atoms. The summed E-state index contributed by atoms with van der Waals surface area (Å²) in [5.74, 6) is -0.103. The number of nitrogens with zero attached hydrogens (tertiary/aromatic N) is 2. The van der Waals surface area contributed by atoms with Crippen LogP contribution in [0.15, 0.2) is 19.9 Å². The van der Waals surface area contributed by atoms with Crippen molar-refractivity contribution in [2.24, 2.45) is 0 Å². The van der Waals surface area contributed by atoms with Crippen molar-refractivity contribution in [1.82, 2.24) is 9.78 Å². The number of aromatic nitrogens is 2. The van der Waals surface area contributed by atoms with Gasteiger partial charge in [0, 0.05) is 6.26 Å². The van der Waals surface area contributed by atoms with Gasteiger partial charge in [-0.15, -0.1) is 0 Å². The normalized spacial score (nSPS) is 11.7. The van der Waals surface area contributed by atoms with Gasteiger partial charge in [-0.05, 0) is 31.9 Å². The third-order valence-corrected chi connectivity index (χ3v) is 4.44. The Morgan fingerprint density at radius 2 is 2.07 bits per heavy atom. The Hall–Kier alpha value is -0.210. The van der Waals surface area contributed by atoms with Crippen molar-refractivity contribution in [1.29, 1.82) is 0 Å². The molecule has 0 aromatic carbocycles. The van der Waals surface area contributed by atoms with Gasteiger partial charge in [0.15, 0.2) is 0 Å². The largest absolute Gasteiger partial charge is 0.282 e. The molecule has 1 rings (SSSR count). The molecular formula is C7H8Br2N2O3S. The van der Waals surface area contributed by atoms with Crippen LogP contribution in [-0.4, -0.2) is 30.2 Å². The number of sulfone groups is 1. The lowest BCUT2D eigenvalue weighted by molar-refractivity contribution is 0.573. The maximum Gasteiger partial charge on any atom is 0.282 e. The number of hydrogen-bond donors (Lipinski definition) is 0. The Kier molecular flexibility index (Phi) is 4.07. The zero-order valence-electron chi connectivity index (χ0n) is 7.77. The van der Waals surface area contributed by atoms with Crippen LogP contribution >= 0.6 is 31.9 Å². The minimum atomic E-state index is -3.09. The van der Waals surface area contributed by atoms with E-state index < -0.39 is 9.84 Å². The van der Waals surface area contributed by atoms with E-state index in [0.29, 0.717) is 8.95 Å². The summed E-state index contributed by atoms with van der Waals surface area (Å²) in [6.45, 7) is 0.0591. The van der Waals surface area contributed by atoms with Crippen LogP contribution in [0.4, 0.5) is 0 Å². The second-order valence-electron chi connectivity index (χ2n) is 2.96. The van der Waals surface area contributed by atoms with Gasteiger partial charge < -0.3 is 0 Å². The molecule has 8 heteroatoms. The highest BCUT2D eigenvalue weighted by molar-refractivity contribution is 9.13. The van der Waals surface area contributed by atoms with Crippen LogP contribution in [0.3, 0.4) is 0 Å². The maximum atomic E-state index is 11.5. The Morgan fingerprint density at radius 1 is 1.47 bits per heavy atom. The molecule has 0 amide bonds. The molecular weight excluding hydrogens is 352 g/mol. The maximum absolute atomic E-state index is 11.5. The molecule has 0 saturated carbocycles. The molecule has 0 unspecified atom stereocenters. The highest BCUT2D eigenvalue weighted by atomic mass is 79.9. The second kappa shape index (κ2) is 4.75. The SMILES string of the molecule is CS(=O)(=O)CCn1ncc(Br)c(Br)c1=O. The molecule has 0 saturated heterocycles. The molecule has 0 atom stereocenters. The Labute approximate surface area is 104 Å². The minimum Gasteiger partial charge on any atom is -0.266 e. The van der Waals surface area contributed by atoms with E-state index in [9.17, 15) is 13.2 Å². The summed E-state index contributed by atoms with van der Waals surface area (Å²) in [6, 6.07) is 0. The van der Waals surface area contributed by atoms with Gasteiger partial charge >= 0.3 is 0 Å². The first-order valence-electron chi connectivity index (χ1n) is 3.90. The van der Waals surface area contributed by atoms with Crippen LogP contribution in [0.25, 0.3) is 0 Å². The van der Waals surface area contributed by atoms with E-state index >= 15 is 0 Å². The van der Waals surface area contributed by atoms with Gasteiger partial charge in [-0.3, -0.25) is 4.79 Å². The van der Waals surface area contributed by atoms with Crippen LogP contribution in [-0.2, 0) is 16.4 Å². The van der Waals surface area contributed by atoms with Gasteiger partial charge in [-0.25, -0.2) is 13.1 Å². The van der Waals surface area contributed by atoms with Gasteiger partial charge in [-0.1, -0.05) is 0 Å². The topological polar surface area (TPSA) is 69.0 Å². The van der Waals surface area contributed by atoms with Gasteiger partial charge in [0.05, 0.1) is 23.0 Å². The fraction of sp³-hybridized carbons (Fsp3) is 0.429. The smallest absolute Gasteiger partial charge is 0.266 e. The first-order valence-corrected chi connectivity index (χ1v) is 7.55. The van der Waals surface area contributed by atoms with E-state index in [1.807, 2.05) is 0 Å². The lowest BCUT2D eigenvalue weighted by atomic mass is 10.5. The fourth-order valence-electron chi connectivity index (χ4n) is 0.857. The third-order valence-electron chi connectivity index (χ3n) is 1.62. The summed E-state index contributed by atoms with van der Waals surface area (Å²) < 4.78 is 23.8. The van der Waals surface area contributed by atoms with Crippen LogP contribution in [0.1, 0.15) is 0 Å². The van der Waals surface area contributed by atoms with Gasteiger partial charge in [0.1, 0.15) is 14.3 Å². The number of halogens is 2. The predicted molar refractivity (Wildman–Crippen MR) is 63.6 cm³/mol. The molecule has 0 fully saturated rings. The zero-order valence-corrected chi connectivity index (χ0v) is 11.8. The summed E-state index contributed by atoms with van der Waals surface area (Å²) in [5.41, 5.74) is -0.354. The second-order valence-corrected chi connectivity index (χ2v) is 6.87. The Bertz CT molecular complexity index is 524. The molecule has 1 aromatic rings. The van der Waals surface area contributed by atoms with Crippen molar-refractivity contribution in [3.8, 4) is 0 Å². The average molecular weight is 360 g/mol. The van der Waals surface area contributed by atoms with Crippen molar-refractivity contribution in [2.75, 3.05) is 12.0 Å². The molecule has 0 aliphatic heterocycles. The number of aryl methyl sites for hydroxylation is 1. The molecule has 1 heterocycles. The van der Waals surface area contributed by atoms with E-state index in [4.69, 9.17) is 0 Å². The summed E-state index contributed by atoms with van der Waals surface area (Å²) >= 11 is 6.21. The van der Waals surface area contributed by atoms with E-state index in [0.717, 1.165) is 10.9 Å². The van der Waals surface area contributed by atoms with Crippen molar-refractivity contribution in [3.05, 3.63) is 25.5 Å². The Morgan fingerprint density at radius 3 is 2.60 bits per heavy atom. The van der Waals surface area contributed by atoms with Crippen molar-refractivity contribution in [3.63, 3.8) is 0 Å². The van der Waals surface area contributed by atoms with Crippen molar-refractivity contribution < 1.29 is 8.42 Å². The molecule has 0 radical (unpaired) electrons. The third kappa shape index (κ3) is 3.69. The molecule has 15 heavy (non-hydrogen) atoms. The summed E-state index contributed by atoms with van der Waals surface area (Å²) in [7, 11) is -3.09. The zero-order chi connectivity index (χ0) is 11.6. The molecule has 0 aliphatic carbocycles. The van der Waals surface area contributed by atoms with Crippen molar-refractivity contribution in [2.45, 2.75) is 6.54 Å². The predicted octanol–water partition coefficient (Wildman–Crippen LogP) is 0.813. The highest BCUT2D eigenvalue weighted by Gasteiger charge is 2.08. The van der Waals surface area contributed by atoms with Crippen LogP contribution in [0.2, 0.25) is 0 Å². The molecule has 0 N–H and O–H groups in total. The summed E-state index contributed by atoms with van der Waals surface area (Å²) in [5, 5.41) is 3.80. The van der Waals surface area contributed by atoms with E-state index in [-0.39, 0.29) is 17.9 Å². The van der Waals surface area contributed by atoms with Crippen molar-refractivity contribution >= 4 is 41.7 Å².